The molecule has 20 heteroatoms. The first kappa shape index (κ1) is 63.5. The summed E-state index contributed by atoms with van der Waals surface area (Å²) in [6, 6.07) is 0. The third-order valence-electron chi connectivity index (χ3n) is 2.25. The molecule has 20 nitrogen and oxygen atoms in total. The molecule has 0 aromatic heterocycles. The van der Waals surface area contributed by atoms with E-state index in [2.05, 4.69) is 101 Å². The Morgan fingerprint density at radius 1 is 0.667 bits per heavy atom. The van der Waals surface area contributed by atoms with Crippen molar-refractivity contribution in [2.24, 2.45) is 40.9 Å². The monoisotopic (exact) mass is 628 g/mol. The molecule has 0 aliphatic carbocycles. The normalized spacial score (nSPS) is 7.98. The van der Waals surface area contributed by atoms with Crippen LogP contribution in [0.1, 0.15) is 34.6 Å². The van der Waals surface area contributed by atoms with Gasteiger partial charge < -0.3 is 19.9 Å². The Morgan fingerprint density at radius 2 is 0.976 bits per heavy atom. The SMILES string of the molecule is CCOC(=O)CNNC.CCOCC.CNN.CNN.CNN.CNNCC(C)C.CNNCC(N)=O.COC.NN. The third kappa shape index (κ3) is 228. The van der Waals surface area contributed by atoms with Crippen molar-refractivity contribution in [2.75, 3.05) is 96.0 Å². The van der Waals surface area contributed by atoms with Crippen LogP contribution in [0.5, 0.6) is 0 Å². The smallest absolute Gasteiger partial charge is 0.321 e. The number of ether oxygens (including phenoxy) is 3. The van der Waals surface area contributed by atoms with Crippen LogP contribution in [0, 0.1) is 5.92 Å². The molecule has 0 aromatic carbocycles. The van der Waals surface area contributed by atoms with Crippen molar-refractivity contribution in [3.63, 3.8) is 0 Å². The van der Waals surface area contributed by atoms with Crippen LogP contribution in [-0.4, -0.2) is 108 Å². The van der Waals surface area contributed by atoms with Gasteiger partial charge in [0.1, 0.15) is 6.54 Å². The molecule has 0 saturated heterocycles. The molecule has 0 unspecified atom stereocenters. The van der Waals surface area contributed by atoms with Gasteiger partial charge in [0.2, 0.25) is 5.91 Å². The van der Waals surface area contributed by atoms with Crippen molar-refractivity contribution in [1.82, 2.24) is 48.8 Å². The second-order valence-electron chi connectivity index (χ2n) is 6.56. The standard InChI is InChI=1S/C5H12N2O2.C5H14N2.C4H10O.C3H9N3O.C2H6O.3CH6N2.H4N2/c1-3-9-5(8)4-7-6-2;1-5(2)4-7-6-3;1-3-5-4-2;1-5-6-2-3(4)7;4*1-3-2;1-2/h6-7H,3-4H2,1-2H3;5-7H,4H2,1-3H3;3-4H2,1-2H3;5-6H,2H2,1H3,(H2,4,7);1-2H3;3*3H,2H2,1H3;1-2H2. The number of rotatable bonds is 12. The average Bonchev–Trinajstić information content (AvgIpc) is 2.94. The molecule has 0 saturated carbocycles. The molecule has 266 valence electrons. The highest BCUT2D eigenvalue weighted by molar-refractivity contribution is 5.75. The predicted molar refractivity (Wildman–Crippen MR) is 175 cm³/mol. The quantitative estimate of drug-likeness (QED) is 0.0548. The summed E-state index contributed by atoms with van der Waals surface area (Å²) in [4.78, 5) is 20.4. The van der Waals surface area contributed by atoms with Crippen molar-refractivity contribution >= 4 is 11.9 Å². The molecule has 42 heavy (non-hydrogen) atoms. The van der Waals surface area contributed by atoms with Gasteiger partial charge in [0.05, 0.1) is 13.2 Å². The Hall–Kier alpha value is -1.70. The molecule has 0 bridgehead atoms. The zero-order chi connectivity index (χ0) is 35.5. The first-order valence-electron chi connectivity index (χ1n) is 13.0. The number of amides is 1. The van der Waals surface area contributed by atoms with Crippen LogP contribution in [0.15, 0.2) is 0 Å². The van der Waals surface area contributed by atoms with E-state index in [1.54, 1.807) is 56.4 Å². The van der Waals surface area contributed by atoms with Crippen molar-refractivity contribution in [3.05, 3.63) is 0 Å². The number of methoxy groups -OCH3 is 1. The predicted octanol–water partition coefficient (Wildman–Crippen LogP) is -4.80. The highest BCUT2D eigenvalue weighted by Crippen LogP contribution is 1.83. The maximum Gasteiger partial charge on any atom is 0.321 e. The Morgan fingerprint density at radius 3 is 1.12 bits per heavy atom. The summed E-state index contributed by atoms with van der Waals surface area (Å²) < 4.78 is 13.7. The van der Waals surface area contributed by atoms with Gasteiger partial charge in [-0.15, -0.1) is 0 Å². The summed E-state index contributed by atoms with van der Waals surface area (Å²) in [6.45, 7) is 13.6. The minimum Gasteiger partial charge on any atom is -0.465 e. The van der Waals surface area contributed by atoms with Crippen LogP contribution in [0.3, 0.4) is 0 Å². The highest BCUT2D eigenvalue weighted by atomic mass is 16.5. The second kappa shape index (κ2) is 90.1. The summed E-state index contributed by atoms with van der Waals surface area (Å²) in [5, 5.41) is 0. The van der Waals surface area contributed by atoms with Crippen molar-refractivity contribution in [2.45, 2.75) is 34.6 Å². The van der Waals surface area contributed by atoms with Gasteiger partial charge in [0.15, 0.2) is 0 Å². The van der Waals surface area contributed by atoms with Crippen molar-refractivity contribution < 1.29 is 23.8 Å². The van der Waals surface area contributed by atoms with E-state index in [9.17, 15) is 9.59 Å². The summed E-state index contributed by atoms with van der Waals surface area (Å²) in [6.07, 6.45) is 0. The maximum absolute atomic E-state index is 10.5. The Labute approximate surface area is 256 Å². The molecule has 0 radical (unpaired) electrons. The van der Waals surface area contributed by atoms with E-state index in [4.69, 9.17) is 10.5 Å². The fourth-order valence-corrected chi connectivity index (χ4v) is 1.06. The number of carbonyl (C=O) groups is 2. The average molecular weight is 628 g/mol. The molecule has 0 atom stereocenters. The number of hydrazine groups is 7. The number of nitrogens with two attached hydrogens (primary N) is 6. The Kier molecular flexibility index (Phi) is 136. The Balaban J connectivity index is -0.0000000435. The van der Waals surface area contributed by atoms with Crippen molar-refractivity contribution in [3.8, 4) is 0 Å². The molecule has 0 aromatic rings. The lowest BCUT2D eigenvalue weighted by Gasteiger charge is -2.03. The van der Waals surface area contributed by atoms with Gasteiger partial charge in [-0.1, -0.05) is 13.8 Å². The van der Waals surface area contributed by atoms with Crippen LogP contribution < -0.4 is 83.8 Å². The minimum atomic E-state index is -0.366. The third-order valence-corrected chi connectivity index (χ3v) is 2.25. The molecule has 21 N–H and O–H groups in total. The molecule has 0 aliphatic heterocycles. The largest absolute Gasteiger partial charge is 0.465 e. The van der Waals surface area contributed by atoms with E-state index in [0.717, 1.165) is 25.7 Å². The van der Waals surface area contributed by atoms with Gasteiger partial charge in [0.25, 0.3) is 0 Å². The molecular weight excluding hydrogens is 554 g/mol. The van der Waals surface area contributed by atoms with E-state index in [1.807, 2.05) is 20.9 Å². The highest BCUT2D eigenvalue weighted by Gasteiger charge is 1.96. The van der Waals surface area contributed by atoms with Crippen LogP contribution in [0.25, 0.3) is 0 Å². The number of hydrogen-bond donors (Lipinski definition) is 15. The van der Waals surface area contributed by atoms with E-state index in [-0.39, 0.29) is 25.0 Å². The first-order valence-corrected chi connectivity index (χ1v) is 13.0. The number of carbonyl (C=O) groups excluding carboxylic acids is 2. The fraction of sp³-hybridized carbons (Fsp3) is 0.909. The summed E-state index contributed by atoms with van der Waals surface area (Å²) in [7, 11) is 13.4. The second-order valence-corrected chi connectivity index (χ2v) is 6.56. The molecule has 0 spiro atoms. The van der Waals surface area contributed by atoms with E-state index in [0.29, 0.717) is 6.61 Å². The molecule has 0 rings (SSSR count). The molecule has 0 aliphatic rings. The van der Waals surface area contributed by atoms with Crippen molar-refractivity contribution in [1.29, 1.82) is 0 Å². The lowest BCUT2D eigenvalue weighted by Crippen LogP contribution is -2.36. The number of esters is 1. The van der Waals surface area contributed by atoms with Crippen LogP contribution in [0.4, 0.5) is 0 Å². The first-order chi connectivity index (χ1) is 19.9. The van der Waals surface area contributed by atoms with Gasteiger partial charge in [-0.2, -0.15) is 0 Å². The zero-order valence-electron chi connectivity index (χ0n) is 28.8. The van der Waals surface area contributed by atoms with Crippen LogP contribution in [0.2, 0.25) is 0 Å². The maximum atomic E-state index is 10.5. The molecule has 0 fully saturated rings. The van der Waals surface area contributed by atoms with Gasteiger partial charge in [-0.3, -0.25) is 76.8 Å². The van der Waals surface area contributed by atoms with Gasteiger partial charge in [-0.25, -0.2) is 10.9 Å². The van der Waals surface area contributed by atoms with Gasteiger partial charge in [0, 0.05) is 34.0 Å². The van der Waals surface area contributed by atoms with Crippen LogP contribution >= 0.6 is 0 Å². The lowest BCUT2D eigenvalue weighted by atomic mass is 10.2. The molecule has 0 heterocycles. The molecular formula is C22H73N15O5. The van der Waals surface area contributed by atoms with Crippen LogP contribution in [-0.2, 0) is 23.8 Å². The summed E-state index contributed by atoms with van der Waals surface area (Å²) in [5.74, 6) is 21.9. The minimum absolute atomic E-state index is 0.177. The van der Waals surface area contributed by atoms with E-state index >= 15 is 0 Å². The molecule has 1 amide bonds. The zero-order valence-corrected chi connectivity index (χ0v) is 28.8. The lowest BCUT2D eigenvalue weighted by molar-refractivity contribution is -0.142. The fourth-order valence-electron chi connectivity index (χ4n) is 1.06. The topological polar surface area (TPSA) is 326 Å². The number of nitrogens with one attached hydrogen (secondary N) is 9. The summed E-state index contributed by atoms with van der Waals surface area (Å²) >= 11 is 0. The number of hydrogen-bond acceptors (Lipinski definition) is 19. The van der Waals surface area contributed by atoms with E-state index in [1.165, 1.54) is 0 Å². The van der Waals surface area contributed by atoms with Gasteiger partial charge in [-0.05, 0) is 69.0 Å². The Bertz CT molecular complexity index is 371. The number of primary amides is 1. The van der Waals surface area contributed by atoms with Gasteiger partial charge >= 0.3 is 5.97 Å². The van der Waals surface area contributed by atoms with E-state index < -0.39 is 0 Å². The summed E-state index contributed by atoms with van der Waals surface area (Å²) in [5.41, 5.74) is 27.6.